The van der Waals surface area contributed by atoms with Gasteiger partial charge in [-0.15, -0.1) is 0 Å². The molecule has 1 aromatic carbocycles. The molecule has 0 saturated heterocycles. The van der Waals surface area contributed by atoms with Crippen LogP contribution in [0.5, 0.6) is 0 Å². The van der Waals surface area contributed by atoms with E-state index in [0.717, 1.165) is 25.0 Å². The van der Waals surface area contributed by atoms with Crippen molar-refractivity contribution in [3.63, 3.8) is 0 Å². The van der Waals surface area contributed by atoms with Gasteiger partial charge in [0.2, 0.25) is 0 Å². The molecule has 21 heavy (non-hydrogen) atoms. The van der Waals surface area contributed by atoms with Crippen LogP contribution < -0.4 is 5.32 Å². The van der Waals surface area contributed by atoms with Gasteiger partial charge in [-0.1, -0.05) is 29.8 Å². The van der Waals surface area contributed by atoms with Crippen molar-refractivity contribution in [2.24, 2.45) is 0 Å². The number of benzene rings is 1. The first-order valence-electron chi connectivity index (χ1n) is 8.07. The lowest BCUT2D eigenvalue weighted by molar-refractivity contribution is 0.289. The second-order valence-electron chi connectivity index (χ2n) is 6.24. The quantitative estimate of drug-likeness (QED) is 0.788. The predicted molar refractivity (Wildman–Crippen MR) is 86.4 cm³/mol. The van der Waals surface area contributed by atoms with E-state index in [1.807, 2.05) is 18.7 Å². The Kier molecular flexibility index (Phi) is 4.71. The first kappa shape index (κ1) is 14.3. The summed E-state index contributed by atoms with van der Waals surface area (Å²) in [6.07, 6.45) is 10.8. The predicted octanol–water partition coefficient (Wildman–Crippen LogP) is 3.51. The van der Waals surface area contributed by atoms with Gasteiger partial charge in [0.05, 0.1) is 6.33 Å². The molecular weight excluding hydrogens is 258 g/mol. The van der Waals surface area contributed by atoms with Crippen molar-refractivity contribution < 1.29 is 0 Å². The van der Waals surface area contributed by atoms with Gasteiger partial charge in [0.1, 0.15) is 0 Å². The molecular formula is C18H25N3. The Labute approximate surface area is 127 Å². The van der Waals surface area contributed by atoms with Gasteiger partial charge in [-0.3, -0.25) is 0 Å². The fraction of sp³-hybridized carbons (Fsp3) is 0.500. The van der Waals surface area contributed by atoms with Crippen LogP contribution in [0.25, 0.3) is 0 Å². The summed E-state index contributed by atoms with van der Waals surface area (Å²) in [5.41, 5.74) is 2.87. The normalized spacial score (nSPS) is 21.2. The third-order valence-electron chi connectivity index (χ3n) is 4.52. The number of aromatic nitrogens is 2. The van der Waals surface area contributed by atoms with Crippen LogP contribution in [0.2, 0.25) is 0 Å². The van der Waals surface area contributed by atoms with Crippen LogP contribution in [-0.4, -0.2) is 22.1 Å². The molecule has 0 spiro atoms. The molecule has 3 nitrogen and oxygen atoms in total. The van der Waals surface area contributed by atoms with Gasteiger partial charge in [0.25, 0.3) is 0 Å². The van der Waals surface area contributed by atoms with E-state index in [9.17, 15) is 0 Å². The second kappa shape index (κ2) is 6.90. The molecule has 1 saturated carbocycles. The molecule has 1 aromatic heterocycles. The summed E-state index contributed by atoms with van der Waals surface area (Å²) >= 11 is 0. The van der Waals surface area contributed by atoms with Gasteiger partial charge in [0, 0.05) is 25.0 Å². The van der Waals surface area contributed by atoms with Crippen molar-refractivity contribution in [2.75, 3.05) is 6.54 Å². The molecule has 112 valence electrons. The zero-order chi connectivity index (χ0) is 14.5. The van der Waals surface area contributed by atoms with Gasteiger partial charge >= 0.3 is 0 Å². The molecule has 0 aliphatic heterocycles. The number of hydrogen-bond donors (Lipinski definition) is 1. The van der Waals surface area contributed by atoms with Crippen LogP contribution in [0, 0.1) is 6.92 Å². The zero-order valence-electron chi connectivity index (χ0n) is 12.8. The van der Waals surface area contributed by atoms with Crippen molar-refractivity contribution in [3.05, 3.63) is 54.1 Å². The van der Waals surface area contributed by atoms with E-state index in [2.05, 4.69) is 46.1 Å². The minimum absolute atomic E-state index is 0.726. The Morgan fingerprint density at radius 2 is 2.00 bits per heavy atom. The SMILES string of the molecule is Cc1ccc(C2CC(NCCCCn3ccnc3)C2)cc1. The summed E-state index contributed by atoms with van der Waals surface area (Å²) in [5.74, 6) is 0.772. The fourth-order valence-electron chi connectivity index (χ4n) is 3.04. The lowest BCUT2D eigenvalue weighted by atomic mass is 9.76. The molecule has 1 heterocycles. The smallest absolute Gasteiger partial charge is 0.0945 e. The number of imidazole rings is 1. The van der Waals surface area contributed by atoms with Gasteiger partial charge in [0.15, 0.2) is 0 Å². The molecule has 0 radical (unpaired) electrons. The molecule has 0 atom stereocenters. The third kappa shape index (κ3) is 3.94. The monoisotopic (exact) mass is 283 g/mol. The standard InChI is InChI=1S/C18H25N3/c1-15-4-6-16(7-5-15)17-12-18(13-17)20-8-2-3-10-21-11-9-19-14-21/h4-7,9,11,14,17-18,20H,2-3,8,10,12-13H2,1H3. The Hall–Kier alpha value is -1.61. The number of rotatable bonds is 7. The Morgan fingerprint density at radius 3 is 2.71 bits per heavy atom. The number of unbranched alkanes of at least 4 members (excludes halogenated alkanes) is 1. The highest BCUT2D eigenvalue weighted by atomic mass is 15.0. The van der Waals surface area contributed by atoms with Gasteiger partial charge in [-0.2, -0.15) is 0 Å². The van der Waals surface area contributed by atoms with Crippen LogP contribution in [0.15, 0.2) is 43.0 Å². The second-order valence-corrected chi connectivity index (χ2v) is 6.24. The highest BCUT2D eigenvalue weighted by Gasteiger charge is 2.29. The van der Waals surface area contributed by atoms with Crippen LogP contribution in [0.3, 0.4) is 0 Å². The first-order chi connectivity index (χ1) is 10.3. The Balaban J connectivity index is 1.28. The van der Waals surface area contributed by atoms with Crippen molar-refractivity contribution in [1.82, 2.24) is 14.9 Å². The molecule has 2 aromatic rings. The van der Waals surface area contributed by atoms with Crippen molar-refractivity contribution >= 4 is 0 Å². The third-order valence-corrected chi connectivity index (χ3v) is 4.52. The maximum Gasteiger partial charge on any atom is 0.0945 e. The molecule has 1 fully saturated rings. The minimum Gasteiger partial charge on any atom is -0.337 e. The van der Waals surface area contributed by atoms with Crippen LogP contribution in [0.1, 0.15) is 42.7 Å². The van der Waals surface area contributed by atoms with Crippen molar-refractivity contribution in [2.45, 2.75) is 51.1 Å². The average molecular weight is 283 g/mol. The summed E-state index contributed by atoms with van der Waals surface area (Å²) in [6.45, 7) is 4.37. The summed E-state index contributed by atoms with van der Waals surface area (Å²) in [4.78, 5) is 4.06. The fourth-order valence-corrected chi connectivity index (χ4v) is 3.04. The lowest BCUT2D eigenvalue weighted by Crippen LogP contribution is -2.40. The molecule has 1 aliphatic carbocycles. The maximum absolute atomic E-state index is 4.06. The number of aryl methyl sites for hydroxylation is 2. The first-order valence-corrected chi connectivity index (χ1v) is 8.07. The van der Waals surface area contributed by atoms with Crippen LogP contribution in [0.4, 0.5) is 0 Å². The number of nitrogens with one attached hydrogen (secondary N) is 1. The van der Waals surface area contributed by atoms with Crippen molar-refractivity contribution in [1.29, 1.82) is 0 Å². The van der Waals surface area contributed by atoms with E-state index in [1.165, 1.54) is 36.8 Å². The molecule has 0 bridgehead atoms. The summed E-state index contributed by atoms with van der Waals surface area (Å²) in [7, 11) is 0. The summed E-state index contributed by atoms with van der Waals surface area (Å²) in [5, 5.41) is 3.69. The highest BCUT2D eigenvalue weighted by molar-refractivity contribution is 5.26. The Bertz CT molecular complexity index is 524. The lowest BCUT2D eigenvalue weighted by Gasteiger charge is -2.36. The average Bonchev–Trinajstić information content (AvgIpc) is 2.95. The Morgan fingerprint density at radius 1 is 1.19 bits per heavy atom. The van der Waals surface area contributed by atoms with E-state index in [1.54, 1.807) is 0 Å². The molecule has 3 rings (SSSR count). The number of nitrogens with zero attached hydrogens (tertiary/aromatic N) is 2. The maximum atomic E-state index is 4.06. The summed E-state index contributed by atoms with van der Waals surface area (Å²) < 4.78 is 2.15. The zero-order valence-corrected chi connectivity index (χ0v) is 12.8. The van der Waals surface area contributed by atoms with E-state index in [0.29, 0.717) is 0 Å². The molecule has 0 unspecified atom stereocenters. The van der Waals surface area contributed by atoms with E-state index < -0.39 is 0 Å². The van der Waals surface area contributed by atoms with Crippen molar-refractivity contribution in [3.8, 4) is 0 Å². The van der Waals surface area contributed by atoms with E-state index in [-0.39, 0.29) is 0 Å². The highest BCUT2D eigenvalue weighted by Crippen LogP contribution is 2.36. The molecule has 1 aliphatic rings. The van der Waals surface area contributed by atoms with E-state index in [4.69, 9.17) is 0 Å². The molecule has 1 N–H and O–H groups in total. The van der Waals surface area contributed by atoms with Crippen LogP contribution >= 0.6 is 0 Å². The molecule has 3 heteroatoms. The largest absolute Gasteiger partial charge is 0.337 e. The molecule has 0 amide bonds. The topological polar surface area (TPSA) is 29.9 Å². The van der Waals surface area contributed by atoms with Crippen LogP contribution in [-0.2, 0) is 6.54 Å². The van der Waals surface area contributed by atoms with E-state index >= 15 is 0 Å². The summed E-state index contributed by atoms with van der Waals surface area (Å²) in [6, 6.07) is 9.77. The van der Waals surface area contributed by atoms with Gasteiger partial charge in [-0.05, 0) is 50.6 Å². The van der Waals surface area contributed by atoms with Gasteiger partial charge in [-0.25, -0.2) is 4.98 Å². The minimum atomic E-state index is 0.726. The van der Waals surface area contributed by atoms with Gasteiger partial charge < -0.3 is 9.88 Å². The number of hydrogen-bond acceptors (Lipinski definition) is 2.